The van der Waals surface area contributed by atoms with Crippen molar-refractivity contribution in [1.82, 2.24) is 14.5 Å². The summed E-state index contributed by atoms with van der Waals surface area (Å²) in [5.41, 5.74) is 15.6. The number of hydrogen-bond donors (Lipinski definition) is 2. The Bertz CT molecular complexity index is 1510. The minimum Gasteiger partial charge on any atom is -0.383 e. The van der Waals surface area contributed by atoms with Crippen LogP contribution in [0.25, 0.3) is 32.9 Å². The Morgan fingerprint density at radius 2 is 1.77 bits per heavy atom. The van der Waals surface area contributed by atoms with Crippen molar-refractivity contribution >= 4 is 33.6 Å². The Hall–Kier alpha value is -4.44. The molecule has 31 heavy (non-hydrogen) atoms. The maximum Gasteiger partial charge on any atom is 0.222 e. The molecule has 0 fully saturated rings. The maximum absolute atomic E-state index is 14.9. The summed E-state index contributed by atoms with van der Waals surface area (Å²) in [4.78, 5) is 8.36. The number of rotatable bonds is 3. The molecule has 4 N–H and O–H groups in total. The molecule has 5 aromatic rings. The van der Waals surface area contributed by atoms with E-state index in [2.05, 4.69) is 16.0 Å². The van der Waals surface area contributed by atoms with Crippen LogP contribution in [0.4, 0.5) is 16.2 Å². The summed E-state index contributed by atoms with van der Waals surface area (Å²) in [6, 6.07) is 20.0. The number of benzene rings is 3. The SMILES string of the molecule is N#Cc1ccccc1-c1ccc(Cn2ccc3c4nc(N)nc(N)c4ccc32)cc1F. The Kier molecular flexibility index (Phi) is 4.26. The summed E-state index contributed by atoms with van der Waals surface area (Å²) in [6.45, 7) is 0.474. The molecule has 0 atom stereocenters. The average Bonchev–Trinajstić information content (AvgIpc) is 3.17. The van der Waals surface area contributed by atoms with Gasteiger partial charge in [0.25, 0.3) is 0 Å². The first-order valence-corrected chi connectivity index (χ1v) is 9.63. The van der Waals surface area contributed by atoms with Crippen molar-refractivity contribution in [2.75, 3.05) is 11.5 Å². The van der Waals surface area contributed by atoms with E-state index in [-0.39, 0.29) is 11.8 Å². The number of nitrogen functional groups attached to an aromatic ring is 2. The molecule has 2 aromatic heterocycles. The van der Waals surface area contributed by atoms with Gasteiger partial charge in [-0.15, -0.1) is 0 Å². The van der Waals surface area contributed by atoms with Crippen LogP contribution in [0.5, 0.6) is 0 Å². The molecule has 0 bridgehead atoms. The number of nitrogens with zero attached hydrogens (tertiary/aromatic N) is 4. The smallest absolute Gasteiger partial charge is 0.222 e. The molecule has 0 spiro atoms. The van der Waals surface area contributed by atoms with E-state index in [9.17, 15) is 9.65 Å². The van der Waals surface area contributed by atoms with Crippen molar-refractivity contribution in [1.29, 1.82) is 5.26 Å². The van der Waals surface area contributed by atoms with Crippen molar-refractivity contribution in [2.24, 2.45) is 0 Å². The van der Waals surface area contributed by atoms with Crippen molar-refractivity contribution < 1.29 is 4.39 Å². The highest BCUT2D eigenvalue weighted by Crippen LogP contribution is 2.30. The van der Waals surface area contributed by atoms with Crippen LogP contribution in [-0.4, -0.2) is 14.5 Å². The first-order chi connectivity index (χ1) is 15.0. The van der Waals surface area contributed by atoms with Crippen molar-refractivity contribution in [3.8, 4) is 17.2 Å². The molecule has 0 aliphatic heterocycles. The summed E-state index contributed by atoms with van der Waals surface area (Å²) in [5, 5.41) is 10.9. The summed E-state index contributed by atoms with van der Waals surface area (Å²) in [7, 11) is 0. The fraction of sp³-hybridized carbons (Fsp3) is 0.0417. The van der Waals surface area contributed by atoms with E-state index in [0.29, 0.717) is 34.6 Å². The summed E-state index contributed by atoms with van der Waals surface area (Å²) in [6.07, 6.45) is 1.93. The van der Waals surface area contributed by atoms with Gasteiger partial charge in [-0.2, -0.15) is 10.2 Å². The maximum atomic E-state index is 14.9. The summed E-state index contributed by atoms with van der Waals surface area (Å²) in [5.74, 6) is 0.100. The molecule has 0 saturated heterocycles. The van der Waals surface area contributed by atoms with Gasteiger partial charge in [0.15, 0.2) is 0 Å². The van der Waals surface area contributed by atoms with Gasteiger partial charge in [0.1, 0.15) is 11.6 Å². The van der Waals surface area contributed by atoms with Crippen LogP contribution in [-0.2, 0) is 6.54 Å². The summed E-state index contributed by atoms with van der Waals surface area (Å²) < 4.78 is 16.9. The molecule has 0 aliphatic rings. The standard InChI is InChI=1S/C24H17FN6/c25-20-11-14(5-6-17(20)16-4-2-1-3-15(16)12-26)13-31-10-9-18-21(31)8-7-19-22(18)29-24(28)30-23(19)27/h1-11H,13H2,(H4,27,28,29,30). The van der Waals surface area contributed by atoms with Gasteiger partial charge in [0.05, 0.1) is 22.7 Å². The Morgan fingerprint density at radius 1 is 0.935 bits per heavy atom. The Balaban J connectivity index is 1.54. The van der Waals surface area contributed by atoms with Crippen LogP contribution >= 0.6 is 0 Å². The molecular weight excluding hydrogens is 391 g/mol. The van der Waals surface area contributed by atoms with Crippen LogP contribution in [0.2, 0.25) is 0 Å². The lowest BCUT2D eigenvalue weighted by molar-refractivity contribution is 0.627. The molecule has 5 rings (SSSR count). The molecule has 0 unspecified atom stereocenters. The van der Waals surface area contributed by atoms with E-state index >= 15 is 0 Å². The minimum atomic E-state index is -0.365. The van der Waals surface area contributed by atoms with Gasteiger partial charge in [-0.25, -0.2) is 9.37 Å². The molecule has 150 valence electrons. The number of fused-ring (bicyclic) bond motifs is 3. The second-order valence-electron chi connectivity index (χ2n) is 7.28. The second-order valence-corrected chi connectivity index (χ2v) is 7.28. The van der Waals surface area contributed by atoms with Crippen molar-refractivity contribution in [3.05, 3.63) is 83.8 Å². The van der Waals surface area contributed by atoms with Gasteiger partial charge < -0.3 is 16.0 Å². The van der Waals surface area contributed by atoms with Gasteiger partial charge in [0, 0.05) is 34.6 Å². The highest BCUT2D eigenvalue weighted by Gasteiger charge is 2.13. The van der Waals surface area contributed by atoms with E-state index in [1.807, 2.05) is 35.0 Å². The first-order valence-electron chi connectivity index (χ1n) is 9.63. The number of nitrogens with two attached hydrogens (primary N) is 2. The minimum absolute atomic E-state index is 0.126. The van der Waals surface area contributed by atoms with E-state index in [1.54, 1.807) is 30.3 Å². The normalized spacial score (nSPS) is 11.1. The molecule has 6 nitrogen and oxygen atoms in total. The number of aromatic nitrogens is 3. The molecule has 0 radical (unpaired) electrons. The van der Waals surface area contributed by atoms with Gasteiger partial charge in [0.2, 0.25) is 5.95 Å². The zero-order valence-electron chi connectivity index (χ0n) is 16.4. The number of hydrogen-bond acceptors (Lipinski definition) is 5. The molecular formula is C24H17FN6. The Morgan fingerprint density at radius 3 is 2.58 bits per heavy atom. The van der Waals surface area contributed by atoms with Gasteiger partial charge in [-0.1, -0.05) is 30.3 Å². The third-order valence-corrected chi connectivity index (χ3v) is 5.39. The topological polar surface area (TPSA) is 107 Å². The fourth-order valence-corrected chi connectivity index (χ4v) is 3.93. The van der Waals surface area contributed by atoms with Gasteiger partial charge in [-0.3, -0.25) is 0 Å². The van der Waals surface area contributed by atoms with Crippen LogP contribution < -0.4 is 11.5 Å². The first kappa shape index (κ1) is 18.6. The predicted molar refractivity (Wildman–Crippen MR) is 120 cm³/mol. The van der Waals surface area contributed by atoms with Crippen molar-refractivity contribution in [3.63, 3.8) is 0 Å². The van der Waals surface area contributed by atoms with Gasteiger partial charge in [-0.05, 0) is 35.9 Å². The van der Waals surface area contributed by atoms with E-state index in [1.165, 1.54) is 6.07 Å². The zero-order valence-corrected chi connectivity index (χ0v) is 16.4. The van der Waals surface area contributed by atoms with Crippen LogP contribution in [0, 0.1) is 17.1 Å². The fourth-order valence-electron chi connectivity index (χ4n) is 3.93. The number of nitriles is 1. The summed E-state index contributed by atoms with van der Waals surface area (Å²) >= 11 is 0. The lowest BCUT2D eigenvalue weighted by atomic mass is 9.98. The number of anilines is 2. The highest BCUT2D eigenvalue weighted by molar-refractivity contribution is 6.07. The monoisotopic (exact) mass is 408 g/mol. The largest absolute Gasteiger partial charge is 0.383 e. The van der Waals surface area contributed by atoms with Crippen LogP contribution in [0.1, 0.15) is 11.1 Å². The molecule has 0 aliphatic carbocycles. The average molecular weight is 408 g/mol. The second kappa shape index (κ2) is 7.11. The zero-order chi connectivity index (χ0) is 21.5. The van der Waals surface area contributed by atoms with Crippen LogP contribution in [0.15, 0.2) is 66.9 Å². The molecule has 7 heteroatoms. The third-order valence-electron chi connectivity index (χ3n) is 5.39. The van der Waals surface area contributed by atoms with E-state index < -0.39 is 0 Å². The quantitative estimate of drug-likeness (QED) is 0.458. The molecule has 0 amide bonds. The highest BCUT2D eigenvalue weighted by atomic mass is 19.1. The number of halogens is 1. The van der Waals surface area contributed by atoms with E-state index in [0.717, 1.165) is 21.9 Å². The predicted octanol–water partition coefficient (Wildman–Crippen LogP) is 4.47. The van der Waals surface area contributed by atoms with Crippen LogP contribution in [0.3, 0.4) is 0 Å². The van der Waals surface area contributed by atoms with Crippen molar-refractivity contribution in [2.45, 2.75) is 6.54 Å². The molecule has 3 aromatic carbocycles. The lowest BCUT2D eigenvalue weighted by Crippen LogP contribution is -2.02. The van der Waals surface area contributed by atoms with E-state index in [4.69, 9.17) is 11.5 Å². The third kappa shape index (κ3) is 3.11. The van der Waals surface area contributed by atoms with Gasteiger partial charge >= 0.3 is 0 Å². The Labute approximate surface area is 177 Å². The molecule has 2 heterocycles. The molecule has 0 saturated carbocycles. The lowest BCUT2D eigenvalue weighted by Gasteiger charge is -2.10.